The molecule has 1 aromatic carbocycles. The summed E-state index contributed by atoms with van der Waals surface area (Å²) in [5, 5.41) is 10.7. The number of hydrogen-bond acceptors (Lipinski definition) is 5. The zero-order chi connectivity index (χ0) is 26.3. The molecule has 5 rings (SSSR count). The third-order valence-electron chi connectivity index (χ3n) is 7.89. The third-order valence-corrected chi connectivity index (χ3v) is 7.89. The van der Waals surface area contributed by atoms with Crippen LogP contribution in [0.5, 0.6) is 0 Å². The zero-order valence-electron chi connectivity index (χ0n) is 22.0. The largest absolute Gasteiger partial charge is 0.478 e. The smallest absolute Gasteiger partial charge is 0.335 e. The van der Waals surface area contributed by atoms with Crippen LogP contribution >= 0.6 is 0 Å². The lowest BCUT2D eigenvalue weighted by Crippen LogP contribution is -2.53. The maximum absolute atomic E-state index is 14.0. The van der Waals surface area contributed by atoms with Crippen LogP contribution in [0.4, 0.5) is 0 Å². The molecule has 1 aliphatic carbocycles. The Balaban J connectivity index is 1.86. The minimum absolute atomic E-state index is 0.0765. The number of Topliss-reactive ketones (excluding diaryl/α,β-unsaturated/α-hetero) is 1. The van der Waals surface area contributed by atoms with Crippen molar-refractivity contribution < 1.29 is 28.6 Å². The van der Waals surface area contributed by atoms with Crippen LogP contribution in [-0.2, 0) is 14.3 Å². The number of ether oxygens (including phenoxy) is 1. The Labute approximate surface area is 210 Å². The molecule has 0 spiro atoms. The van der Waals surface area contributed by atoms with E-state index in [0.717, 1.165) is 0 Å². The van der Waals surface area contributed by atoms with Crippen molar-refractivity contribution in [2.24, 2.45) is 5.41 Å². The van der Waals surface area contributed by atoms with Crippen molar-refractivity contribution in [1.82, 2.24) is 4.90 Å². The van der Waals surface area contributed by atoms with Gasteiger partial charge in [0, 0.05) is 47.9 Å². The Morgan fingerprint density at radius 3 is 2.36 bits per heavy atom. The molecule has 0 bridgehead atoms. The SMILES string of the molecule is CCN1C(=O)C2=C(CC1(C)C)OC1=C(C(=O)CC(C)(C)C1)[C@@H]2c1cc(C(=O)O)c(C)c2cc(C)oc12. The summed E-state index contributed by atoms with van der Waals surface area (Å²) in [5.74, 6) is -0.293. The number of benzene rings is 1. The number of hydrogen-bond donors (Lipinski definition) is 1. The van der Waals surface area contributed by atoms with Crippen molar-refractivity contribution in [1.29, 1.82) is 0 Å². The predicted octanol–water partition coefficient (Wildman–Crippen LogP) is 5.79. The van der Waals surface area contributed by atoms with E-state index in [-0.39, 0.29) is 22.7 Å². The van der Waals surface area contributed by atoms with Crippen LogP contribution in [0.15, 0.2) is 39.2 Å². The fourth-order valence-corrected chi connectivity index (χ4v) is 6.28. The van der Waals surface area contributed by atoms with Gasteiger partial charge in [0.1, 0.15) is 22.9 Å². The predicted molar refractivity (Wildman–Crippen MR) is 135 cm³/mol. The van der Waals surface area contributed by atoms with Gasteiger partial charge in [-0.3, -0.25) is 9.59 Å². The maximum Gasteiger partial charge on any atom is 0.335 e. The summed E-state index contributed by atoms with van der Waals surface area (Å²) in [5.41, 5.74) is 1.90. The van der Waals surface area contributed by atoms with Gasteiger partial charge in [0.05, 0.1) is 17.1 Å². The van der Waals surface area contributed by atoms with E-state index in [1.54, 1.807) is 13.0 Å². The number of furan rings is 1. The molecular weight excluding hydrogens is 458 g/mol. The topological polar surface area (TPSA) is 97.0 Å². The first kappa shape index (κ1) is 24.3. The van der Waals surface area contributed by atoms with Crippen LogP contribution in [0.2, 0.25) is 0 Å². The van der Waals surface area contributed by atoms with Gasteiger partial charge >= 0.3 is 5.97 Å². The molecule has 1 atom stereocenters. The number of aromatic carboxylic acids is 1. The lowest BCUT2D eigenvalue weighted by atomic mass is 9.68. The van der Waals surface area contributed by atoms with E-state index in [1.165, 1.54) is 0 Å². The third kappa shape index (κ3) is 3.51. The first-order valence-electron chi connectivity index (χ1n) is 12.5. The number of allylic oxidation sites excluding steroid dienone is 2. The van der Waals surface area contributed by atoms with Crippen LogP contribution in [0.25, 0.3) is 11.0 Å². The molecule has 7 heteroatoms. The number of fused-ring (bicyclic) bond motifs is 1. The molecule has 0 radical (unpaired) electrons. The fraction of sp³-hybridized carbons (Fsp3) is 0.483. The van der Waals surface area contributed by atoms with Crippen molar-refractivity contribution in [2.45, 2.75) is 79.2 Å². The molecule has 0 unspecified atom stereocenters. The molecule has 3 aliphatic rings. The molecule has 3 heterocycles. The number of ketones is 1. The fourth-order valence-electron chi connectivity index (χ4n) is 6.28. The van der Waals surface area contributed by atoms with E-state index >= 15 is 0 Å². The van der Waals surface area contributed by atoms with Gasteiger partial charge in [-0.1, -0.05) is 13.8 Å². The molecule has 36 heavy (non-hydrogen) atoms. The zero-order valence-corrected chi connectivity index (χ0v) is 22.0. The summed E-state index contributed by atoms with van der Waals surface area (Å²) >= 11 is 0. The molecule has 1 amide bonds. The first-order chi connectivity index (χ1) is 16.8. The minimum atomic E-state index is -1.06. The molecule has 2 aromatic rings. The number of rotatable bonds is 3. The van der Waals surface area contributed by atoms with E-state index in [2.05, 4.69) is 0 Å². The molecule has 2 aliphatic heterocycles. The van der Waals surface area contributed by atoms with Crippen LogP contribution < -0.4 is 0 Å². The molecule has 190 valence electrons. The monoisotopic (exact) mass is 491 g/mol. The van der Waals surface area contributed by atoms with Gasteiger partial charge in [-0.2, -0.15) is 0 Å². The Morgan fingerprint density at radius 2 is 1.72 bits per heavy atom. The highest BCUT2D eigenvalue weighted by molar-refractivity contribution is 6.07. The van der Waals surface area contributed by atoms with Crippen molar-refractivity contribution >= 4 is 28.6 Å². The van der Waals surface area contributed by atoms with Crippen LogP contribution in [-0.4, -0.2) is 39.7 Å². The summed E-state index contributed by atoms with van der Waals surface area (Å²) in [6, 6.07) is 3.41. The lowest BCUT2D eigenvalue weighted by molar-refractivity contribution is -0.134. The van der Waals surface area contributed by atoms with Gasteiger partial charge in [-0.25, -0.2) is 4.79 Å². The number of carboxylic acids is 1. The number of nitrogens with zero attached hydrogens (tertiary/aromatic N) is 1. The van der Waals surface area contributed by atoms with Gasteiger partial charge in [-0.05, 0) is 57.7 Å². The molecular formula is C29H33NO6. The maximum atomic E-state index is 14.0. The second-order valence-corrected chi connectivity index (χ2v) is 11.7. The number of carboxylic acid groups (broad SMARTS) is 1. The van der Waals surface area contributed by atoms with E-state index in [1.807, 2.05) is 52.5 Å². The summed E-state index contributed by atoms with van der Waals surface area (Å²) in [7, 11) is 0. The van der Waals surface area contributed by atoms with Gasteiger partial charge in [0.2, 0.25) is 0 Å². The van der Waals surface area contributed by atoms with Crippen LogP contribution in [0.3, 0.4) is 0 Å². The van der Waals surface area contributed by atoms with Crippen molar-refractivity contribution in [3.63, 3.8) is 0 Å². The van der Waals surface area contributed by atoms with Crippen LogP contribution in [0, 0.1) is 19.3 Å². The van der Waals surface area contributed by atoms with E-state index in [9.17, 15) is 19.5 Å². The van der Waals surface area contributed by atoms with E-state index < -0.39 is 17.4 Å². The first-order valence-corrected chi connectivity index (χ1v) is 12.5. The summed E-state index contributed by atoms with van der Waals surface area (Å²) in [4.78, 5) is 41.8. The number of likely N-dealkylation sites (N-methyl/N-ethyl adjacent to an activating group) is 1. The summed E-state index contributed by atoms with van der Waals surface area (Å²) in [6.45, 7) is 14.1. The van der Waals surface area contributed by atoms with Gasteiger partial charge in [0.15, 0.2) is 5.78 Å². The van der Waals surface area contributed by atoms with Crippen LogP contribution in [0.1, 0.15) is 87.0 Å². The van der Waals surface area contributed by atoms with Crippen molar-refractivity contribution in [2.75, 3.05) is 6.54 Å². The lowest BCUT2D eigenvalue weighted by Gasteiger charge is -2.47. The van der Waals surface area contributed by atoms with Crippen molar-refractivity contribution in [3.05, 3.63) is 57.2 Å². The summed E-state index contributed by atoms with van der Waals surface area (Å²) < 4.78 is 12.5. The standard InChI is InChI=1S/C29H33NO6/c1-8-30-26(32)24-21(13-29(30,6)7)36-20-12-28(4,5)11-19(31)23(20)22(24)18-10-17(27(33)34)15(3)16-9-14(2)35-25(16)18/h9-10,22H,8,11-13H2,1-7H3,(H,33,34)/t22-/m0/s1. The van der Waals surface area contributed by atoms with Gasteiger partial charge in [-0.15, -0.1) is 0 Å². The Bertz CT molecular complexity index is 1420. The van der Waals surface area contributed by atoms with Gasteiger partial charge in [0.25, 0.3) is 5.91 Å². The van der Waals surface area contributed by atoms with Crippen molar-refractivity contribution in [3.8, 4) is 0 Å². The Morgan fingerprint density at radius 1 is 1.06 bits per heavy atom. The molecule has 1 aromatic heterocycles. The highest BCUT2D eigenvalue weighted by Crippen LogP contribution is 2.53. The minimum Gasteiger partial charge on any atom is -0.478 e. The average molecular weight is 492 g/mol. The van der Waals surface area contributed by atoms with Gasteiger partial charge < -0.3 is 19.2 Å². The average Bonchev–Trinajstić information content (AvgIpc) is 3.13. The molecule has 1 N–H and O–H groups in total. The molecule has 0 saturated heterocycles. The Hall–Kier alpha value is -3.35. The quantitative estimate of drug-likeness (QED) is 0.584. The summed E-state index contributed by atoms with van der Waals surface area (Å²) in [6.07, 6.45) is 1.39. The second-order valence-electron chi connectivity index (χ2n) is 11.7. The highest BCUT2D eigenvalue weighted by atomic mass is 16.5. The Kier molecular flexibility index (Phi) is 5.29. The number of amides is 1. The highest BCUT2D eigenvalue weighted by Gasteiger charge is 2.50. The molecule has 7 nitrogen and oxygen atoms in total. The molecule has 0 fully saturated rings. The second kappa shape index (κ2) is 7.82. The molecule has 0 saturated carbocycles. The number of aryl methyl sites for hydroxylation is 2. The van der Waals surface area contributed by atoms with E-state index in [4.69, 9.17) is 9.15 Å². The van der Waals surface area contributed by atoms with E-state index in [0.29, 0.717) is 76.3 Å². The normalized spacial score (nSPS) is 23.1. The number of carbonyl (C=O) groups excluding carboxylic acids is 2. The number of carbonyl (C=O) groups is 3.